The third kappa shape index (κ3) is 2.84. The molecule has 2 heterocycles. The summed E-state index contributed by atoms with van der Waals surface area (Å²) < 4.78 is 0. The molecule has 94 valence electrons. The summed E-state index contributed by atoms with van der Waals surface area (Å²) in [5.41, 5.74) is 0. The molecule has 1 aliphatic rings. The Morgan fingerprint density at radius 2 is 2.24 bits per heavy atom. The molecule has 0 radical (unpaired) electrons. The molecule has 0 bridgehead atoms. The Labute approximate surface area is 111 Å². The first-order valence-electron chi connectivity index (χ1n) is 5.88. The highest BCUT2D eigenvalue weighted by Crippen LogP contribution is 2.43. The lowest BCUT2D eigenvalue weighted by Crippen LogP contribution is -3.06. The number of quaternary nitrogens is 1. The van der Waals surface area contributed by atoms with Crippen molar-refractivity contribution < 1.29 is 9.69 Å². The van der Waals surface area contributed by atoms with Gasteiger partial charge in [0.15, 0.2) is 0 Å². The zero-order chi connectivity index (χ0) is 12.4. The Morgan fingerprint density at radius 3 is 2.82 bits per heavy atom. The summed E-state index contributed by atoms with van der Waals surface area (Å²) in [6.45, 7) is 3.86. The van der Waals surface area contributed by atoms with Crippen LogP contribution in [0.1, 0.15) is 17.2 Å². The van der Waals surface area contributed by atoms with Gasteiger partial charge >= 0.3 is 0 Å². The van der Waals surface area contributed by atoms with Gasteiger partial charge < -0.3 is 9.80 Å². The van der Waals surface area contributed by atoms with E-state index >= 15 is 0 Å². The molecule has 2 rings (SSSR count). The monoisotopic (exact) mass is 271 g/mol. The standard InChI is InChI=1S/C12H18N2OS2/c1-9-11(15)14(7-6-13(2)3)12(17-9)10-5-4-8-16-10/h4-5,8-9,12H,6-7H2,1-3H3/p+1/t9-,12+/m0/s1. The van der Waals surface area contributed by atoms with Gasteiger partial charge in [0.1, 0.15) is 5.37 Å². The number of amides is 1. The van der Waals surface area contributed by atoms with Crippen LogP contribution in [0.5, 0.6) is 0 Å². The summed E-state index contributed by atoms with van der Waals surface area (Å²) in [5, 5.41) is 2.41. The minimum atomic E-state index is 0.0965. The fourth-order valence-corrected chi connectivity index (χ4v) is 4.15. The van der Waals surface area contributed by atoms with E-state index in [4.69, 9.17) is 0 Å². The van der Waals surface area contributed by atoms with E-state index < -0.39 is 0 Å². The number of nitrogens with one attached hydrogen (secondary N) is 1. The molecule has 5 heteroatoms. The molecule has 0 unspecified atom stereocenters. The Balaban J connectivity index is 2.11. The number of hydrogen-bond donors (Lipinski definition) is 1. The van der Waals surface area contributed by atoms with Crippen LogP contribution in [-0.4, -0.2) is 43.2 Å². The van der Waals surface area contributed by atoms with E-state index in [0.29, 0.717) is 0 Å². The average Bonchev–Trinajstić information content (AvgIpc) is 2.87. The molecule has 3 nitrogen and oxygen atoms in total. The first-order valence-corrected chi connectivity index (χ1v) is 7.70. The van der Waals surface area contributed by atoms with Gasteiger partial charge in [0.05, 0.1) is 32.4 Å². The second-order valence-electron chi connectivity index (χ2n) is 4.63. The Hall–Kier alpha value is -0.520. The number of nitrogens with zero attached hydrogens (tertiary/aromatic N) is 1. The molecule has 17 heavy (non-hydrogen) atoms. The van der Waals surface area contributed by atoms with Crippen LogP contribution in [0.25, 0.3) is 0 Å². The Morgan fingerprint density at radius 1 is 1.47 bits per heavy atom. The van der Waals surface area contributed by atoms with Crippen LogP contribution in [0.4, 0.5) is 0 Å². The molecule has 1 N–H and O–H groups in total. The van der Waals surface area contributed by atoms with Crippen LogP contribution in [0, 0.1) is 0 Å². The number of hydrogen-bond acceptors (Lipinski definition) is 3. The molecular formula is C12H19N2OS2+. The van der Waals surface area contributed by atoms with E-state index in [2.05, 4.69) is 31.6 Å². The van der Waals surface area contributed by atoms with Gasteiger partial charge in [0, 0.05) is 4.88 Å². The number of carbonyl (C=O) groups excluding carboxylic acids is 1. The van der Waals surface area contributed by atoms with E-state index in [9.17, 15) is 4.79 Å². The number of rotatable bonds is 4. The smallest absolute Gasteiger partial charge is 0.236 e. The lowest BCUT2D eigenvalue weighted by Gasteiger charge is -2.23. The highest BCUT2D eigenvalue weighted by Gasteiger charge is 2.38. The topological polar surface area (TPSA) is 24.8 Å². The van der Waals surface area contributed by atoms with Crippen molar-refractivity contribution in [2.45, 2.75) is 17.5 Å². The molecular weight excluding hydrogens is 252 g/mol. The molecule has 1 saturated heterocycles. The van der Waals surface area contributed by atoms with Crippen LogP contribution in [0.3, 0.4) is 0 Å². The van der Waals surface area contributed by atoms with Gasteiger partial charge in [0.25, 0.3) is 0 Å². The minimum absolute atomic E-state index is 0.0965. The molecule has 0 spiro atoms. The van der Waals surface area contributed by atoms with Gasteiger partial charge in [-0.15, -0.1) is 23.1 Å². The molecule has 1 aromatic heterocycles. The second kappa shape index (κ2) is 5.42. The number of thioether (sulfide) groups is 1. The molecule has 1 amide bonds. The van der Waals surface area contributed by atoms with Crippen LogP contribution in [0.2, 0.25) is 0 Å². The third-order valence-corrected chi connectivity index (χ3v) is 5.34. The lowest BCUT2D eigenvalue weighted by atomic mass is 10.3. The van der Waals surface area contributed by atoms with Crippen LogP contribution in [0.15, 0.2) is 17.5 Å². The summed E-state index contributed by atoms with van der Waals surface area (Å²) in [4.78, 5) is 16.8. The van der Waals surface area contributed by atoms with Crippen molar-refractivity contribution in [3.63, 3.8) is 0 Å². The first kappa shape index (κ1) is 12.9. The normalized spacial score (nSPS) is 24.9. The van der Waals surface area contributed by atoms with E-state index in [1.807, 2.05) is 11.8 Å². The van der Waals surface area contributed by atoms with Crippen molar-refractivity contribution in [3.8, 4) is 0 Å². The van der Waals surface area contributed by atoms with Gasteiger partial charge in [-0.3, -0.25) is 4.79 Å². The highest BCUT2D eigenvalue weighted by molar-refractivity contribution is 8.01. The summed E-state index contributed by atoms with van der Waals surface area (Å²) in [5.74, 6) is 0.287. The van der Waals surface area contributed by atoms with Crippen molar-refractivity contribution in [1.29, 1.82) is 0 Å². The van der Waals surface area contributed by atoms with Crippen molar-refractivity contribution in [1.82, 2.24) is 4.90 Å². The molecule has 0 saturated carbocycles. The van der Waals surface area contributed by atoms with E-state index in [1.54, 1.807) is 23.1 Å². The maximum Gasteiger partial charge on any atom is 0.236 e. The summed E-state index contributed by atoms with van der Waals surface area (Å²) in [6, 6.07) is 4.19. The van der Waals surface area contributed by atoms with Crippen LogP contribution in [-0.2, 0) is 4.79 Å². The highest BCUT2D eigenvalue weighted by atomic mass is 32.2. The average molecular weight is 271 g/mol. The number of carbonyl (C=O) groups is 1. The molecule has 1 aromatic rings. The van der Waals surface area contributed by atoms with E-state index in [1.165, 1.54) is 9.78 Å². The fraction of sp³-hybridized carbons (Fsp3) is 0.583. The Kier molecular flexibility index (Phi) is 4.12. The zero-order valence-electron chi connectivity index (χ0n) is 10.5. The van der Waals surface area contributed by atoms with Crippen molar-refractivity contribution in [2.75, 3.05) is 27.2 Å². The van der Waals surface area contributed by atoms with Gasteiger partial charge in [-0.25, -0.2) is 0 Å². The lowest BCUT2D eigenvalue weighted by molar-refractivity contribution is -0.857. The fourth-order valence-electron chi connectivity index (χ4n) is 1.90. The van der Waals surface area contributed by atoms with E-state index in [-0.39, 0.29) is 16.5 Å². The SMILES string of the molecule is C[C@@H]1S[C@H](c2cccs2)N(CC[NH+](C)C)C1=O. The van der Waals surface area contributed by atoms with Gasteiger partial charge in [0.2, 0.25) is 5.91 Å². The Bertz CT molecular complexity index is 378. The molecule has 0 aliphatic carbocycles. The second-order valence-corrected chi connectivity index (χ2v) is 7.04. The molecule has 1 fully saturated rings. The summed E-state index contributed by atoms with van der Waals surface area (Å²) in [7, 11) is 4.24. The predicted octanol–water partition coefficient (Wildman–Crippen LogP) is 0.855. The third-order valence-electron chi connectivity index (χ3n) is 2.89. The largest absolute Gasteiger partial charge is 0.338 e. The maximum atomic E-state index is 12.1. The van der Waals surface area contributed by atoms with Gasteiger partial charge in [-0.05, 0) is 18.4 Å². The van der Waals surface area contributed by atoms with E-state index in [0.717, 1.165) is 13.1 Å². The van der Waals surface area contributed by atoms with Gasteiger partial charge in [-0.1, -0.05) is 6.07 Å². The van der Waals surface area contributed by atoms with Crippen molar-refractivity contribution in [2.24, 2.45) is 0 Å². The van der Waals surface area contributed by atoms with Crippen LogP contribution >= 0.6 is 23.1 Å². The maximum absolute atomic E-state index is 12.1. The van der Waals surface area contributed by atoms with Crippen molar-refractivity contribution >= 4 is 29.0 Å². The van der Waals surface area contributed by atoms with Crippen molar-refractivity contribution in [3.05, 3.63) is 22.4 Å². The van der Waals surface area contributed by atoms with Gasteiger partial charge in [-0.2, -0.15) is 0 Å². The van der Waals surface area contributed by atoms with Crippen LogP contribution < -0.4 is 4.90 Å². The molecule has 2 atom stereocenters. The molecule has 1 aliphatic heterocycles. The quantitative estimate of drug-likeness (QED) is 0.878. The number of thiophene rings is 1. The molecule has 0 aromatic carbocycles. The summed E-state index contributed by atoms with van der Waals surface area (Å²) >= 11 is 3.51. The minimum Gasteiger partial charge on any atom is -0.338 e. The number of likely N-dealkylation sites (N-methyl/N-ethyl adjacent to an activating group) is 1. The first-order chi connectivity index (χ1) is 8.09. The zero-order valence-corrected chi connectivity index (χ0v) is 12.1. The summed E-state index contributed by atoms with van der Waals surface area (Å²) in [6.07, 6.45) is 0. The predicted molar refractivity (Wildman–Crippen MR) is 73.5 cm³/mol.